The molecule has 25 heavy (non-hydrogen) atoms. The van der Waals surface area contributed by atoms with Crippen LogP contribution in [0.25, 0.3) is 10.8 Å². The van der Waals surface area contributed by atoms with Crippen molar-refractivity contribution in [2.75, 3.05) is 11.1 Å². The minimum absolute atomic E-state index is 0.145. The van der Waals surface area contributed by atoms with Gasteiger partial charge in [-0.1, -0.05) is 29.4 Å². The Kier molecular flexibility index (Phi) is 5.41. The Morgan fingerprint density at radius 3 is 2.80 bits per heavy atom. The van der Waals surface area contributed by atoms with Crippen molar-refractivity contribution in [3.8, 4) is 10.8 Å². The van der Waals surface area contributed by atoms with Crippen LogP contribution in [0.1, 0.15) is 16.3 Å². The van der Waals surface area contributed by atoms with Crippen LogP contribution in [0.3, 0.4) is 0 Å². The molecule has 0 aliphatic carbocycles. The molecular weight excluding hydrogens is 380 g/mol. The van der Waals surface area contributed by atoms with Crippen molar-refractivity contribution in [2.24, 2.45) is 0 Å². The summed E-state index contributed by atoms with van der Waals surface area (Å²) < 4.78 is 5.61. The number of nitrogens with one attached hydrogen (secondary N) is 1. The van der Waals surface area contributed by atoms with Crippen LogP contribution in [0.4, 0.5) is 5.69 Å². The van der Waals surface area contributed by atoms with E-state index in [0.717, 1.165) is 21.1 Å². The molecule has 0 atom stereocenters. The maximum atomic E-state index is 12.1. The number of anilines is 1. The first-order valence-electron chi connectivity index (χ1n) is 7.39. The molecule has 0 unspecified atom stereocenters. The van der Waals surface area contributed by atoms with Crippen molar-refractivity contribution in [2.45, 2.75) is 26.0 Å². The third-order valence-electron chi connectivity index (χ3n) is 3.23. The van der Waals surface area contributed by atoms with E-state index in [1.54, 1.807) is 12.1 Å². The highest BCUT2D eigenvalue weighted by Gasteiger charge is 2.16. The number of carbonyl (C=O) groups excluding carboxylic acids is 1. The van der Waals surface area contributed by atoms with Crippen molar-refractivity contribution in [1.29, 1.82) is 0 Å². The van der Waals surface area contributed by atoms with Gasteiger partial charge in [-0.05, 0) is 38.5 Å². The number of aryl methyl sites for hydroxylation is 3. The molecular formula is C16H15ClN4O2S2. The highest BCUT2D eigenvalue weighted by Crippen LogP contribution is 2.30. The van der Waals surface area contributed by atoms with Gasteiger partial charge in [0.1, 0.15) is 4.88 Å². The van der Waals surface area contributed by atoms with Gasteiger partial charge in [-0.2, -0.15) is 0 Å². The fourth-order valence-corrected chi connectivity index (χ4v) is 3.81. The molecule has 0 radical (unpaired) electrons. The summed E-state index contributed by atoms with van der Waals surface area (Å²) in [5, 5.41) is 12.6. The molecule has 1 aromatic carbocycles. The lowest BCUT2D eigenvalue weighted by atomic mass is 10.2. The van der Waals surface area contributed by atoms with Crippen LogP contribution in [0.2, 0.25) is 5.02 Å². The van der Waals surface area contributed by atoms with Gasteiger partial charge in [0.15, 0.2) is 0 Å². The molecule has 3 aromatic rings. The molecule has 0 aliphatic rings. The summed E-state index contributed by atoms with van der Waals surface area (Å²) in [7, 11) is 0. The van der Waals surface area contributed by atoms with Gasteiger partial charge in [0.2, 0.25) is 5.91 Å². The summed E-state index contributed by atoms with van der Waals surface area (Å²) in [4.78, 5) is 17.3. The normalized spacial score (nSPS) is 10.9. The number of amides is 1. The summed E-state index contributed by atoms with van der Waals surface area (Å²) in [5.41, 5.74) is 2.47. The Hall–Kier alpha value is -1.90. The number of benzene rings is 1. The third-order valence-corrected chi connectivity index (χ3v) is 5.42. The summed E-state index contributed by atoms with van der Waals surface area (Å²) in [6, 6.07) is 5.46. The zero-order valence-corrected chi connectivity index (χ0v) is 16.2. The van der Waals surface area contributed by atoms with Crippen molar-refractivity contribution >= 4 is 46.3 Å². The van der Waals surface area contributed by atoms with Gasteiger partial charge in [-0.25, -0.2) is 4.98 Å². The average Bonchev–Trinajstić information content (AvgIpc) is 3.14. The lowest BCUT2D eigenvalue weighted by Gasteiger charge is -2.06. The molecule has 130 valence electrons. The molecule has 0 bridgehead atoms. The number of thioether (sulfide) groups is 1. The smallest absolute Gasteiger partial charge is 0.277 e. The van der Waals surface area contributed by atoms with Crippen LogP contribution in [0, 0.1) is 20.8 Å². The van der Waals surface area contributed by atoms with E-state index in [4.69, 9.17) is 16.0 Å². The Balaban J connectivity index is 1.60. The molecule has 0 saturated heterocycles. The quantitative estimate of drug-likeness (QED) is 0.641. The minimum atomic E-state index is -0.194. The number of hydrogen-bond donors (Lipinski definition) is 1. The lowest BCUT2D eigenvalue weighted by Crippen LogP contribution is -2.14. The SMILES string of the molecule is Cc1ccc(NC(=O)CSc2nnc(-c3sc(C)nc3C)o2)c(Cl)c1. The fraction of sp³-hybridized carbons (Fsp3) is 0.250. The number of nitrogens with zero attached hydrogens (tertiary/aromatic N) is 3. The maximum absolute atomic E-state index is 12.1. The van der Waals surface area contributed by atoms with E-state index in [-0.39, 0.29) is 11.7 Å². The fourth-order valence-electron chi connectivity index (χ4n) is 2.12. The first-order valence-corrected chi connectivity index (χ1v) is 9.57. The van der Waals surface area contributed by atoms with Gasteiger partial charge < -0.3 is 9.73 Å². The maximum Gasteiger partial charge on any atom is 0.277 e. The second-order valence-corrected chi connectivity index (χ2v) is 7.88. The first kappa shape index (κ1) is 17.9. The number of thiazole rings is 1. The molecule has 9 heteroatoms. The molecule has 2 aromatic heterocycles. The summed E-state index contributed by atoms with van der Waals surface area (Å²) in [6.07, 6.45) is 0. The van der Waals surface area contributed by atoms with E-state index in [1.807, 2.05) is 26.8 Å². The van der Waals surface area contributed by atoms with Crippen molar-refractivity contribution in [3.05, 3.63) is 39.5 Å². The number of aromatic nitrogens is 3. The van der Waals surface area contributed by atoms with Gasteiger partial charge in [0.05, 0.1) is 27.2 Å². The van der Waals surface area contributed by atoms with E-state index < -0.39 is 0 Å². The van der Waals surface area contributed by atoms with Crippen LogP contribution in [-0.4, -0.2) is 26.8 Å². The van der Waals surface area contributed by atoms with Crippen molar-refractivity contribution < 1.29 is 9.21 Å². The standard InChI is InChI=1S/C16H15ClN4O2S2/c1-8-4-5-12(11(17)6-8)19-13(22)7-24-16-21-20-15(23-16)14-9(2)18-10(3)25-14/h4-6H,7H2,1-3H3,(H,19,22). The van der Waals surface area contributed by atoms with Crippen LogP contribution in [0.5, 0.6) is 0 Å². The van der Waals surface area contributed by atoms with Crippen molar-refractivity contribution in [3.63, 3.8) is 0 Å². The molecule has 6 nitrogen and oxygen atoms in total. The van der Waals surface area contributed by atoms with Gasteiger partial charge in [-0.15, -0.1) is 21.5 Å². The van der Waals surface area contributed by atoms with Crippen LogP contribution < -0.4 is 5.32 Å². The molecule has 1 N–H and O–H groups in total. The van der Waals surface area contributed by atoms with Gasteiger partial charge >= 0.3 is 0 Å². The monoisotopic (exact) mass is 394 g/mol. The van der Waals surface area contributed by atoms with Crippen LogP contribution in [-0.2, 0) is 4.79 Å². The predicted molar refractivity (Wildman–Crippen MR) is 100 cm³/mol. The van der Waals surface area contributed by atoms with Crippen LogP contribution in [0.15, 0.2) is 27.8 Å². The molecule has 2 heterocycles. The largest absolute Gasteiger partial charge is 0.410 e. The summed E-state index contributed by atoms with van der Waals surface area (Å²) >= 11 is 8.78. The molecule has 0 aliphatic heterocycles. The van der Waals surface area contributed by atoms with E-state index in [1.165, 1.54) is 23.1 Å². The predicted octanol–water partition coefficient (Wildman–Crippen LogP) is 4.50. The lowest BCUT2D eigenvalue weighted by molar-refractivity contribution is -0.113. The molecule has 1 amide bonds. The van der Waals surface area contributed by atoms with E-state index in [0.29, 0.717) is 21.8 Å². The minimum Gasteiger partial charge on any atom is -0.410 e. The van der Waals surface area contributed by atoms with Gasteiger partial charge in [-0.3, -0.25) is 4.79 Å². The first-order chi connectivity index (χ1) is 11.9. The summed E-state index contributed by atoms with van der Waals surface area (Å²) in [5.74, 6) is 0.375. The zero-order chi connectivity index (χ0) is 18.0. The van der Waals surface area contributed by atoms with Crippen molar-refractivity contribution in [1.82, 2.24) is 15.2 Å². The molecule has 0 saturated carbocycles. The molecule has 0 fully saturated rings. The van der Waals surface area contributed by atoms with Gasteiger partial charge in [0, 0.05) is 0 Å². The van der Waals surface area contributed by atoms with E-state index in [2.05, 4.69) is 20.5 Å². The average molecular weight is 395 g/mol. The number of hydrogen-bond acceptors (Lipinski definition) is 7. The highest BCUT2D eigenvalue weighted by molar-refractivity contribution is 7.99. The topological polar surface area (TPSA) is 80.9 Å². The number of carbonyl (C=O) groups is 1. The highest BCUT2D eigenvalue weighted by atomic mass is 35.5. The second-order valence-electron chi connectivity index (χ2n) is 5.34. The summed E-state index contributed by atoms with van der Waals surface area (Å²) in [6.45, 7) is 5.76. The van der Waals surface area contributed by atoms with Crippen LogP contribution >= 0.6 is 34.7 Å². The zero-order valence-electron chi connectivity index (χ0n) is 13.8. The Labute approximate surface area is 158 Å². The Morgan fingerprint density at radius 1 is 1.32 bits per heavy atom. The third kappa shape index (κ3) is 4.39. The second kappa shape index (κ2) is 7.55. The molecule has 3 rings (SSSR count). The Bertz CT molecular complexity index is 923. The number of rotatable bonds is 5. The van der Waals surface area contributed by atoms with Gasteiger partial charge in [0.25, 0.3) is 11.1 Å². The Morgan fingerprint density at radius 2 is 2.12 bits per heavy atom. The molecule has 0 spiro atoms. The van der Waals surface area contributed by atoms with E-state index >= 15 is 0 Å². The van der Waals surface area contributed by atoms with E-state index in [9.17, 15) is 4.79 Å². The number of halogens is 1.